The number of nitrogens with zero attached hydrogens (tertiary/aromatic N) is 1. The summed E-state index contributed by atoms with van der Waals surface area (Å²) >= 11 is 3.52. The van der Waals surface area contributed by atoms with Gasteiger partial charge < -0.3 is 10.1 Å². The Morgan fingerprint density at radius 2 is 1.93 bits per heavy atom. The summed E-state index contributed by atoms with van der Waals surface area (Å²) in [7, 11) is 0. The minimum absolute atomic E-state index is 0.0680. The number of ether oxygens (including phenoxy) is 1. The maximum atomic E-state index is 12.6. The maximum absolute atomic E-state index is 12.6. The third-order valence-electron chi connectivity index (χ3n) is 4.73. The second-order valence-electron chi connectivity index (χ2n) is 7.36. The number of hydrogen-bond acceptors (Lipinski definition) is 3. The van der Waals surface area contributed by atoms with Crippen LogP contribution in [0.2, 0.25) is 0 Å². The van der Waals surface area contributed by atoms with E-state index in [4.69, 9.17) is 4.74 Å². The average Bonchev–Trinajstić information content (AvgIpc) is 2.62. The molecule has 4 nitrogen and oxygen atoms in total. The van der Waals surface area contributed by atoms with E-state index < -0.39 is 0 Å². The summed E-state index contributed by atoms with van der Waals surface area (Å²) in [5.41, 5.74) is 2.10. The van der Waals surface area contributed by atoms with Crippen LogP contribution in [0.25, 0.3) is 0 Å². The van der Waals surface area contributed by atoms with Gasteiger partial charge in [0.1, 0.15) is 5.75 Å². The van der Waals surface area contributed by atoms with E-state index in [0.29, 0.717) is 0 Å². The quantitative estimate of drug-likeness (QED) is 0.693. The number of nitrogens with one attached hydrogen (secondary N) is 1. The van der Waals surface area contributed by atoms with Crippen molar-refractivity contribution in [3.8, 4) is 5.75 Å². The zero-order chi connectivity index (χ0) is 19.2. The Morgan fingerprint density at radius 1 is 1.19 bits per heavy atom. The lowest BCUT2D eigenvalue weighted by atomic mass is 9.95. The first-order chi connectivity index (χ1) is 13.0. The van der Waals surface area contributed by atoms with Crippen LogP contribution in [0.15, 0.2) is 53.0 Å². The Hall–Kier alpha value is -1.85. The molecule has 0 saturated carbocycles. The van der Waals surface area contributed by atoms with E-state index in [2.05, 4.69) is 44.3 Å². The van der Waals surface area contributed by atoms with Crippen LogP contribution >= 0.6 is 15.9 Å². The monoisotopic (exact) mass is 430 g/mol. The van der Waals surface area contributed by atoms with Gasteiger partial charge in [-0.15, -0.1) is 0 Å². The molecule has 0 spiro atoms. The number of hydrogen-bond donors (Lipinski definition) is 1. The van der Waals surface area contributed by atoms with Gasteiger partial charge >= 0.3 is 0 Å². The lowest BCUT2D eigenvalue weighted by Crippen LogP contribution is -2.37. The molecule has 2 aromatic carbocycles. The van der Waals surface area contributed by atoms with Crippen LogP contribution in [-0.2, 0) is 11.3 Å². The van der Waals surface area contributed by atoms with Crippen molar-refractivity contribution >= 4 is 27.5 Å². The topological polar surface area (TPSA) is 41.6 Å². The minimum Gasteiger partial charge on any atom is -0.491 e. The van der Waals surface area contributed by atoms with E-state index in [1.165, 1.54) is 5.56 Å². The molecule has 27 heavy (non-hydrogen) atoms. The first-order valence-electron chi connectivity index (χ1n) is 9.54. The van der Waals surface area contributed by atoms with Crippen molar-refractivity contribution in [3.05, 3.63) is 58.6 Å². The van der Waals surface area contributed by atoms with Gasteiger partial charge in [0.15, 0.2) is 0 Å². The molecular formula is C22H27BrN2O2. The van der Waals surface area contributed by atoms with E-state index in [1.54, 1.807) is 0 Å². The van der Waals surface area contributed by atoms with Gasteiger partial charge in [-0.05, 0) is 69.6 Å². The number of benzene rings is 2. The number of anilines is 1. The molecule has 2 aromatic rings. The summed E-state index contributed by atoms with van der Waals surface area (Å²) < 4.78 is 6.81. The number of carbonyl (C=O) groups excluding carboxylic acids is 1. The minimum atomic E-state index is 0.0680. The van der Waals surface area contributed by atoms with E-state index in [9.17, 15) is 4.79 Å². The molecule has 0 aliphatic carbocycles. The highest BCUT2D eigenvalue weighted by Crippen LogP contribution is 2.23. The second kappa shape index (κ2) is 9.38. The van der Waals surface area contributed by atoms with Crippen molar-refractivity contribution in [2.75, 3.05) is 18.4 Å². The van der Waals surface area contributed by atoms with Gasteiger partial charge in [0.05, 0.1) is 6.10 Å². The first kappa shape index (κ1) is 19.9. The van der Waals surface area contributed by atoms with Gasteiger partial charge in [-0.1, -0.05) is 34.1 Å². The molecular weight excluding hydrogens is 404 g/mol. The molecule has 1 saturated heterocycles. The van der Waals surface area contributed by atoms with Crippen molar-refractivity contribution in [1.82, 2.24) is 4.90 Å². The lowest BCUT2D eigenvalue weighted by molar-refractivity contribution is -0.121. The van der Waals surface area contributed by atoms with Crippen molar-refractivity contribution in [2.45, 2.75) is 39.3 Å². The Balaban J connectivity index is 1.50. The fraction of sp³-hybridized carbons (Fsp3) is 0.409. The standard InChI is InChI=1S/C22H27BrN2O2/c1-16(2)27-21-8-4-7-20(14-21)24-22(26)18-9-11-25(12-10-18)15-17-5-3-6-19(23)13-17/h3-8,13-14,16,18H,9-12,15H2,1-2H3,(H,24,26). The van der Waals surface area contributed by atoms with Crippen molar-refractivity contribution in [2.24, 2.45) is 5.92 Å². The molecule has 5 heteroatoms. The van der Waals surface area contributed by atoms with Crippen LogP contribution in [0, 0.1) is 5.92 Å². The smallest absolute Gasteiger partial charge is 0.227 e. The fourth-order valence-corrected chi connectivity index (χ4v) is 3.86. The molecule has 0 aromatic heterocycles. The predicted octanol–water partition coefficient (Wildman–Crippen LogP) is 5.09. The normalized spacial score (nSPS) is 15.7. The second-order valence-corrected chi connectivity index (χ2v) is 8.28. The molecule has 1 N–H and O–H groups in total. The Labute approximate surface area is 170 Å². The Bertz CT molecular complexity index is 770. The predicted molar refractivity (Wildman–Crippen MR) is 113 cm³/mol. The first-order valence-corrected chi connectivity index (χ1v) is 10.3. The van der Waals surface area contributed by atoms with Crippen LogP contribution < -0.4 is 10.1 Å². The van der Waals surface area contributed by atoms with Crippen LogP contribution in [0.3, 0.4) is 0 Å². The molecule has 0 radical (unpaired) electrons. The molecule has 0 atom stereocenters. The summed E-state index contributed by atoms with van der Waals surface area (Å²) in [5.74, 6) is 0.962. The van der Waals surface area contributed by atoms with Gasteiger partial charge in [-0.2, -0.15) is 0 Å². The van der Waals surface area contributed by atoms with Gasteiger partial charge in [0, 0.05) is 28.7 Å². The van der Waals surface area contributed by atoms with Gasteiger partial charge in [-0.3, -0.25) is 9.69 Å². The molecule has 0 unspecified atom stereocenters. The average molecular weight is 431 g/mol. The molecule has 1 aliphatic heterocycles. The van der Waals surface area contributed by atoms with E-state index >= 15 is 0 Å². The zero-order valence-electron chi connectivity index (χ0n) is 16.0. The van der Waals surface area contributed by atoms with E-state index in [0.717, 1.165) is 48.4 Å². The highest BCUT2D eigenvalue weighted by Gasteiger charge is 2.25. The van der Waals surface area contributed by atoms with Crippen molar-refractivity contribution in [3.63, 3.8) is 0 Å². The third kappa shape index (κ3) is 6.08. The highest BCUT2D eigenvalue weighted by atomic mass is 79.9. The number of piperidine rings is 1. The summed E-state index contributed by atoms with van der Waals surface area (Å²) in [6.07, 6.45) is 1.90. The highest BCUT2D eigenvalue weighted by molar-refractivity contribution is 9.10. The number of halogens is 1. The maximum Gasteiger partial charge on any atom is 0.227 e. The Kier molecular flexibility index (Phi) is 6.91. The number of carbonyl (C=O) groups is 1. The molecule has 0 bridgehead atoms. The SMILES string of the molecule is CC(C)Oc1cccc(NC(=O)C2CCN(Cc3cccc(Br)c3)CC2)c1. The van der Waals surface area contributed by atoms with Crippen molar-refractivity contribution in [1.29, 1.82) is 0 Å². The molecule has 1 aliphatic rings. The largest absolute Gasteiger partial charge is 0.491 e. The van der Waals surface area contributed by atoms with Crippen LogP contribution in [0.5, 0.6) is 5.75 Å². The van der Waals surface area contributed by atoms with Crippen LogP contribution in [0.4, 0.5) is 5.69 Å². The molecule has 1 amide bonds. The summed E-state index contributed by atoms with van der Waals surface area (Å²) in [6.45, 7) is 6.81. The third-order valence-corrected chi connectivity index (χ3v) is 5.22. The summed E-state index contributed by atoms with van der Waals surface area (Å²) in [4.78, 5) is 15.1. The van der Waals surface area contributed by atoms with Gasteiger partial charge in [-0.25, -0.2) is 0 Å². The lowest BCUT2D eigenvalue weighted by Gasteiger charge is -2.31. The van der Waals surface area contributed by atoms with Crippen LogP contribution in [-0.4, -0.2) is 30.0 Å². The summed E-state index contributed by atoms with van der Waals surface area (Å²) in [6, 6.07) is 16.0. The van der Waals surface area contributed by atoms with E-state index in [-0.39, 0.29) is 17.9 Å². The zero-order valence-corrected chi connectivity index (χ0v) is 17.5. The molecule has 144 valence electrons. The molecule has 1 heterocycles. The van der Waals surface area contributed by atoms with E-state index in [1.807, 2.05) is 44.2 Å². The molecule has 1 fully saturated rings. The van der Waals surface area contributed by atoms with Crippen LogP contribution in [0.1, 0.15) is 32.3 Å². The number of rotatable bonds is 6. The van der Waals surface area contributed by atoms with Crippen molar-refractivity contribution < 1.29 is 9.53 Å². The number of likely N-dealkylation sites (tertiary alicyclic amines) is 1. The van der Waals surface area contributed by atoms with Gasteiger partial charge in [0.25, 0.3) is 0 Å². The number of amides is 1. The van der Waals surface area contributed by atoms with Gasteiger partial charge in [0.2, 0.25) is 5.91 Å². The molecule has 3 rings (SSSR count). The fourth-order valence-electron chi connectivity index (χ4n) is 3.41. The Morgan fingerprint density at radius 3 is 2.63 bits per heavy atom. The summed E-state index contributed by atoms with van der Waals surface area (Å²) in [5, 5.41) is 3.05.